The van der Waals surface area contributed by atoms with Crippen molar-refractivity contribution in [2.75, 3.05) is 19.7 Å². The van der Waals surface area contributed by atoms with Crippen molar-refractivity contribution in [3.63, 3.8) is 0 Å². The molecule has 0 amide bonds. The minimum atomic E-state index is -0.845. The van der Waals surface area contributed by atoms with Crippen LogP contribution >= 0.6 is 11.6 Å². The number of aliphatic hydroxyl groups excluding tert-OH is 1. The minimum absolute atomic E-state index is 0.155. The van der Waals surface area contributed by atoms with Gasteiger partial charge in [0.2, 0.25) is 0 Å². The van der Waals surface area contributed by atoms with E-state index < -0.39 is 11.9 Å². The molecule has 1 N–H and O–H groups in total. The van der Waals surface area contributed by atoms with Gasteiger partial charge >= 0.3 is 0 Å². The Labute approximate surface area is 205 Å². The highest BCUT2D eigenvalue weighted by Gasteiger charge is 2.25. The van der Waals surface area contributed by atoms with Crippen LogP contribution < -0.4 is 4.74 Å². The number of hydrogen-bond acceptors (Lipinski definition) is 8. The van der Waals surface area contributed by atoms with Crippen LogP contribution in [0.25, 0.3) is 16.8 Å². The zero-order chi connectivity index (χ0) is 24.5. The molecule has 0 saturated carbocycles. The third kappa shape index (κ3) is 4.38. The van der Waals surface area contributed by atoms with E-state index in [0.717, 1.165) is 24.7 Å². The Morgan fingerprint density at radius 3 is 2.80 bits per heavy atom. The molecule has 5 heterocycles. The van der Waals surface area contributed by atoms with Gasteiger partial charge in [0.05, 0.1) is 41.5 Å². The first-order valence-electron chi connectivity index (χ1n) is 11.1. The smallest absolute Gasteiger partial charge is 0.179 e. The van der Waals surface area contributed by atoms with Gasteiger partial charge in [0.25, 0.3) is 0 Å². The molecule has 0 bridgehead atoms. The molecule has 1 atom stereocenters. The van der Waals surface area contributed by atoms with E-state index in [1.54, 1.807) is 21.7 Å². The quantitative estimate of drug-likeness (QED) is 0.404. The van der Waals surface area contributed by atoms with Crippen molar-refractivity contribution < 1.29 is 14.2 Å². The average molecular weight is 497 g/mol. The molecule has 4 aromatic heterocycles. The highest BCUT2D eigenvalue weighted by Crippen LogP contribution is 2.35. The van der Waals surface area contributed by atoms with Crippen LogP contribution in [-0.4, -0.2) is 59.3 Å². The van der Waals surface area contributed by atoms with Crippen LogP contribution in [0.15, 0.2) is 36.8 Å². The number of pyridine rings is 2. The Kier molecular flexibility index (Phi) is 6.23. The van der Waals surface area contributed by atoms with E-state index >= 15 is 0 Å². The van der Waals surface area contributed by atoms with Gasteiger partial charge in [-0.25, -0.2) is 13.6 Å². The second-order valence-corrected chi connectivity index (χ2v) is 8.76. The fourth-order valence-corrected chi connectivity index (χ4v) is 4.58. The largest absolute Gasteiger partial charge is 0.479 e. The van der Waals surface area contributed by atoms with Crippen molar-refractivity contribution in [1.29, 1.82) is 5.26 Å². The summed E-state index contributed by atoms with van der Waals surface area (Å²) < 4.78 is 22.9. The number of likely N-dealkylation sites (tertiary alicyclic amines) is 1. The number of hydrogen-bond donors (Lipinski definition) is 1. The molecule has 0 spiro atoms. The number of fused-ring (bicyclic) bond motifs is 1. The number of aliphatic hydroxyl groups is 1. The Balaban J connectivity index is 1.50. The zero-order valence-corrected chi connectivity index (χ0v) is 19.6. The van der Waals surface area contributed by atoms with Gasteiger partial charge < -0.3 is 14.7 Å². The summed E-state index contributed by atoms with van der Waals surface area (Å²) in [5.74, 6) is -0.114. The molecular formula is C23H22ClFN8O2. The van der Waals surface area contributed by atoms with Crippen molar-refractivity contribution >= 4 is 17.1 Å². The fourth-order valence-electron chi connectivity index (χ4n) is 4.35. The van der Waals surface area contributed by atoms with Crippen LogP contribution in [0.1, 0.15) is 36.4 Å². The summed E-state index contributed by atoms with van der Waals surface area (Å²) in [5, 5.41) is 32.6. The van der Waals surface area contributed by atoms with Crippen molar-refractivity contribution in [2.24, 2.45) is 0 Å². The number of piperidine rings is 1. The van der Waals surface area contributed by atoms with Gasteiger partial charge in [-0.1, -0.05) is 16.8 Å². The fraction of sp³-hybridized carbons (Fsp3) is 0.348. The predicted octanol–water partition coefficient (Wildman–Crippen LogP) is 3.32. The van der Waals surface area contributed by atoms with Gasteiger partial charge in [-0.15, -0.1) is 5.10 Å². The van der Waals surface area contributed by atoms with E-state index in [0.29, 0.717) is 46.3 Å². The van der Waals surface area contributed by atoms with Crippen LogP contribution in [0.4, 0.5) is 4.39 Å². The molecule has 0 aliphatic carbocycles. The third-order valence-corrected chi connectivity index (χ3v) is 6.48. The van der Waals surface area contributed by atoms with Gasteiger partial charge in [0.1, 0.15) is 22.8 Å². The Hall–Kier alpha value is -3.75. The zero-order valence-electron chi connectivity index (χ0n) is 18.8. The number of ether oxygens (including phenoxy) is 1. The monoisotopic (exact) mass is 496 g/mol. The summed E-state index contributed by atoms with van der Waals surface area (Å²) in [6.45, 7) is 2.94. The lowest BCUT2D eigenvalue weighted by Gasteiger charge is -2.28. The second kappa shape index (κ2) is 9.48. The topological polar surface area (TPSA) is 117 Å². The van der Waals surface area contributed by atoms with E-state index in [9.17, 15) is 9.50 Å². The maximum absolute atomic E-state index is 13.3. The average Bonchev–Trinajstić information content (AvgIpc) is 3.45. The number of nitrogens with zero attached hydrogens (tertiary/aromatic N) is 8. The second-order valence-electron chi connectivity index (χ2n) is 8.36. The summed E-state index contributed by atoms with van der Waals surface area (Å²) in [4.78, 5) is 5.78. The lowest BCUT2D eigenvalue weighted by molar-refractivity contribution is 0.114. The third-order valence-electron chi connectivity index (χ3n) is 6.20. The van der Waals surface area contributed by atoms with Crippen molar-refractivity contribution in [1.82, 2.24) is 34.5 Å². The highest BCUT2D eigenvalue weighted by atomic mass is 35.5. The first-order chi connectivity index (χ1) is 17.0. The van der Waals surface area contributed by atoms with Gasteiger partial charge in [-0.2, -0.15) is 10.4 Å². The lowest BCUT2D eigenvalue weighted by Crippen LogP contribution is -2.31. The number of rotatable bonds is 6. The molecule has 0 radical (unpaired) electrons. The molecule has 180 valence electrons. The molecule has 1 aliphatic heterocycles. The standard InChI is InChI=1S/C23H22ClFN8O2/c1-14-22(29-30-33(14)17-4-6-31(13-26)7-5-17)15-8-20(23-18(24)10-28-32(23)11-15)35-21(12-34)19-3-2-16(25)9-27-19/h2-3,8-11,17,21,34H,4-7,12H2,1H3. The van der Waals surface area contributed by atoms with E-state index in [2.05, 4.69) is 26.6 Å². The van der Waals surface area contributed by atoms with Gasteiger partial charge in [-0.3, -0.25) is 4.98 Å². The first-order valence-corrected chi connectivity index (χ1v) is 11.5. The molecule has 0 aromatic carbocycles. The summed E-state index contributed by atoms with van der Waals surface area (Å²) in [7, 11) is 0. The molecule has 1 fully saturated rings. The lowest BCUT2D eigenvalue weighted by atomic mass is 10.0. The summed E-state index contributed by atoms with van der Waals surface area (Å²) in [6.07, 6.45) is 7.33. The Morgan fingerprint density at radius 1 is 1.31 bits per heavy atom. The molecule has 1 aliphatic rings. The predicted molar refractivity (Wildman–Crippen MR) is 124 cm³/mol. The minimum Gasteiger partial charge on any atom is -0.479 e. The van der Waals surface area contributed by atoms with Crippen molar-refractivity contribution in [3.05, 3.63) is 59.0 Å². The Morgan fingerprint density at radius 2 is 2.11 bits per heavy atom. The summed E-state index contributed by atoms with van der Waals surface area (Å²) in [6, 6.07) is 4.65. The first kappa shape index (κ1) is 23.0. The summed E-state index contributed by atoms with van der Waals surface area (Å²) >= 11 is 6.38. The van der Waals surface area contributed by atoms with Crippen molar-refractivity contribution in [2.45, 2.75) is 31.9 Å². The van der Waals surface area contributed by atoms with Crippen molar-refractivity contribution in [3.8, 4) is 23.2 Å². The highest BCUT2D eigenvalue weighted by molar-refractivity contribution is 6.34. The van der Waals surface area contributed by atoms with Crippen LogP contribution in [0.5, 0.6) is 5.75 Å². The SMILES string of the molecule is Cc1c(-c2cc(OC(CO)c3ccc(F)cn3)c3c(Cl)cnn3c2)nnn1C1CCN(C#N)CC1. The molecule has 35 heavy (non-hydrogen) atoms. The molecular weight excluding hydrogens is 475 g/mol. The molecule has 4 aromatic rings. The van der Waals surface area contributed by atoms with Crippen LogP contribution in [0, 0.1) is 24.2 Å². The van der Waals surface area contributed by atoms with E-state index in [1.807, 2.05) is 11.6 Å². The van der Waals surface area contributed by atoms with Crippen LogP contribution in [0.3, 0.4) is 0 Å². The normalized spacial score (nSPS) is 15.3. The van der Waals surface area contributed by atoms with Crippen LogP contribution in [0.2, 0.25) is 5.02 Å². The summed E-state index contributed by atoms with van der Waals surface area (Å²) in [5.41, 5.74) is 3.13. The molecule has 12 heteroatoms. The number of aromatic nitrogens is 6. The Bertz CT molecular complexity index is 1390. The molecule has 1 saturated heterocycles. The molecule has 5 rings (SSSR count). The van der Waals surface area contributed by atoms with E-state index in [-0.39, 0.29) is 12.6 Å². The number of halogens is 2. The van der Waals surface area contributed by atoms with E-state index in [4.69, 9.17) is 21.6 Å². The van der Waals surface area contributed by atoms with Crippen LogP contribution in [-0.2, 0) is 0 Å². The maximum Gasteiger partial charge on any atom is 0.179 e. The number of nitriles is 1. The van der Waals surface area contributed by atoms with Gasteiger partial charge in [-0.05, 0) is 38.0 Å². The maximum atomic E-state index is 13.3. The van der Waals surface area contributed by atoms with E-state index in [1.165, 1.54) is 18.3 Å². The molecule has 10 nitrogen and oxygen atoms in total. The van der Waals surface area contributed by atoms with Gasteiger partial charge in [0.15, 0.2) is 12.3 Å². The van der Waals surface area contributed by atoms with Gasteiger partial charge in [0, 0.05) is 24.8 Å². The molecule has 1 unspecified atom stereocenters.